The molecular formula is C18H22N2. The molecule has 2 nitrogen and oxygen atoms in total. The van der Waals surface area contributed by atoms with Gasteiger partial charge in [-0.15, -0.1) is 0 Å². The van der Waals surface area contributed by atoms with E-state index in [-0.39, 0.29) is 5.41 Å². The first kappa shape index (κ1) is 13.2. The lowest BCUT2D eigenvalue weighted by atomic mass is 9.76. The Kier molecular flexibility index (Phi) is 3.04. The first-order valence-corrected chi connectivity index (χ1v) is 7.28. The van der Waals surface area contributed by atoms with Crippen molar-refractivity contribution >= 4 is 5.57 Å². The maximum atomic E-state index is 4.26. The molecule has 0 fully saturated rings. The van der Waals surface area contributed by atoms with E-state index in [0.29, 0.717) is 0 Å². The minimum atomic E-state index is 0.213. The van der Waals surface area contributed by atoms with E-state index in [1.165, 1.54) is 27.8 Å². The largest absolute Gasteiger partial charge is 0.275 e. The molecule has 0 unspecified atom stereocenters. The normalized spacial score (nSPS) is 14.9. The molecule has 1 aliphatic rings. The minimum Gasteiger partial charge on any atom is -0.275 e. The van der Waals surface area contributed by atoms with Gasteiger partial charge in [0, 0.05) is 18.8 Å². The molecule has 3 rings (SSSR count). The van der Waals surface area contributed by atoms with E-state index in [4.69, 9.17) is 0 Å². The van der Waals surface area contributed by atoms with Crippen molar-refractivity contribution in [3.63, 3.8) is 0 Å². The van der Waals surface area contributed by atoms with Gasteiger partial charge < -0.3 is 0 Å². The molecule has 2 aromatic rings. The van der Waals surface area contributed by atoms with Gasteiger partial charge in [-0.3, -0.25) is 4.68 Å². The van der Waals surface area contributed by atoms with Gasteiger partial charge in [0.1, 0.15) is 0 Å². The Labute approximate surface area is 121 Å². The van der Waals surface area contributed by atoms with Crippen LogP contribution in [0.5, 0.6) is 0 Å². The number of hydrogen-bond acceptors (Lipinski definition) is 1. The Morgan fingerprint density at radius 3 is 2.60 bits per heavy atom. The molecule has 0 amide bonds. The maximum absolute atomic E-state index is 4.26. The Balaban J connectivity index is 2.05. The summed E-state index contributed by atoms with van der Waals surface area (Å²) in [6, 6.07) is 6.85. The molecule has 1 aliphatic carbocycles. The van der Waals surface area contributed by atoms with Gasteiger partial charge in [-0.1, -0.05) is 45.0 Å². The average Bonchev–Trinajstić information content (AvgIpc) is 2.83. The predicted octanol–water partition coefficient (Wildman–Crippen LogP) is 4.46. The number of hydrogen-bond donors (Lipinski definition) is 0. The first-order valence-electron chi connectivity index (χ1n) is 7.28. The summed E-state index contributed by atoms with van der Waals surface area (Å²) in [6.07, 6.45) is 8.71. The summed E-state index contributed by atoms with van der Waals surface area (Å²) >= 11 is 0. The molecule has 1 heterocycles. The zero-order valence-electron chi connectivity index (χ0n) is 12.8. The highest BCUT2D eigenvalue weighted by Gasteiger charge is 2.23. The Hall–Kier alpha value is -1.83. The number of nitrogens with zero attached hydrogens (tertiary/aromatic N) is 2. The van der Waals surface area contributed by atoms with Crippen molar-refractivity contribution in [2.75, 3.05) is 0 Å². The van der Waals surface area contributed by atoms with Crippen molar-refractivity contribution in [3.8, 4) is 11.1 Å². The standard InChI is InChI=1S/C18H22N2/c1-18(2,3)17-7-5-6-14-10-13(8-9-16(14)17)15-11-19-20(4)12-15/h7-12H,5-6H2,1-4H3. The van der Waals surface area contributed by atoms with Gasteiger partial charge in [-0.25, -0.2) is 0 Å². The van der Waals surface area contributed by atoms with E-state index in [9.17, 15) is 0 Å². The number of allylic oxidation sites excluding steroid dienone is 2. The molecule has 0 bridgehead atoms. The van der Waals surface area contributed by atoms with Crippen molar-refractivity contribution in [3.05, 3.63) is 47.8 Å². The number of aromatic nitrogens is 2. The maximum Gasteiger partial charge on any atom is 0.0568 e. The molecule has 0 N–H and O–H groups in total. The molecule has 0 saturated heterocycles. The molecule has 0 saturated carbocycles. The van der Waals surface area contributed by atoms with Crippen molar-refractivity contribution in [1.82, 2.24) is 9.78 Å². The molecule has 0 spiro atoms. The number of fused-ring (bicyclic) bond motifs is 1. The highest BCUT2D eigenvalue weighted by Crippen LogP contribution is 2.40. The molecule has 104 valence electrons. The zero-order chi connectivity index (χ0) is 14.3. The van der Waals surface area contributed by atoms with Crippen molar-refractivity contribution < 1.29 is 0 Å². The second-order valence-electron chi connectivity index (χ2n) is 6.68. The molecule has 0 aliphatic heterocycles. The third kappa shape index (κ3) is 2.31. The summed E-state index contributed by atoms with van der Waals surface area (Å²) in [5.41, 5.74) is 7.06. The van der Waals surface area contributed by atoms with Gasteiger partial charge in [0.05, 0.1) is 6.20 Å². The van der Waals surface area contributed by atoms with Gasteiger partial charge in [0.15, 0.2) is 0 Å². The summed E-state index contributed by atoms with van der Waals surface area (Å²) in [6.45, 7) is 6.88. The lowest BCUT2D eigenvalue weighted by Crippen LogP contribution is -2.13. The molecule has 1 aromatic carbocycles. The van der Waals surface area contributed by atoms with Crippen molar-refractivity contribution in [2.45, 2.75) is 33.6 Å². The zero-order valence-corrected chi connectivity index (χ0v) is 12.8. The van der Waals surface area contributed by atoms with Crippen LogP contribution in [0.25, 0.3) is 16.7 Å². The fourth-order valence-electron chi connectivity index (χ4n) is 3.01. The molecule has 2 heteroatoms. The Morgan fingerprint density at radius 2 is 1.95 bits per heavy atom. The Morgan fingerprint density at radius 1 is 1.15 bits per heavy atom. The van der Waals surface area contributed by atoms with E-state index in [1.807, 2.05) is 17.9 Å². The average molecular weight is 266 g/mol. The van der Waals surface area contributed by atoms with Crippen LogP contribution in [0.3, 0.4) is 0 Å². The van der Waals surface area contributed by atoms with Crippen molar-refractivity contribution in [1.29, 1.82) is 0 Å². The fraction of sp³-hybridized carbons (Fsp3) is 0.389. The van der Waals surface area contributed by atoms with Gasteiger partial charge >= 0.3 is 0 Å². The smallest absolute Gasteiger partial charge is 0.0568 e. The summed E-state index contributed by atoms with van der Waals surface area (Å²) < 4.78 is 1.86. The third-order valence-corrected chi connectivity index (χ3v) is 4.00. The lowest BCUT2D eigenvalue weighted by molar-refractivity contribution is 0.562. The molecule has 1 aromatic heterocycles. The SMILES string of the molecule is Cn1cc(-c2ccc3c(c2)CCC=C3C(C)(C)C)cn1. The highest BCUT2D eigenvalue weighted by molar-refractivity contribution is 5.76. The van der Waals surface area contributed by atoms with Gasteiger partial charge in [0.2, 0.25) is 0 Å². The van der Waals surface area contributed by atoms with E-state index >= 15 is 0 Å². The van der Waals surface area contributed by atoms with E-state index < -0.39 is 0 Å². The van der Waals surface area contributed by atoms with Crippen LogP contribution >= 0.6 is 0 Å². The molecular weight excluding hydrogens is 244 g/mol. The number of benzene rings is 1. The van der Waals surface area contributed by atoms with Crippen LogP contribution in [0.1, 0.15) is 38.3 Å². The fourth-order valence-corrected chi connectivity index (χ4v) is 3.01. The highest BCUT2D eigenvalue weighted by atomic mass is 15.2. The topological polar surface area (TPSA) is 17.8 Å². The molecule has 0 atom stereocenters. The van der Waals surface area contributed by atoms with Crippen LogP contribution in [-0.4, -0.2) is 9.78 Å². The summed E-state index contributed by atoms with van der Waals surface area (Å²) in [5, 5.41) is 4.26. The van der Waals surface area contributed by atoms with Gasteiger partial charge in [-0.05, 0) is 40.5 Å². The summed E-state index contributed by atoms with van der Waals surface area (Å²) in [7, 11) is 1.96. The van der Waals surface area contributed by atoms with E-state index in [2.05, 4.69) is 56.3 Å². The first-order chi connectivity index (χ1) is 9.45. The third-order valence-electron chi connectivity index (χ3n) is 4.00. The lowest BCUT2D eigenvalue weighted by Gasteiger charge is -2.28. The van der Waals surface area contributed by atoms with E-state index in [1.54, 1.807) is 0 Å². The predicted molar refractivity (Wildman–Crippen MR) is 84.4 cm³/mol. The quantitative estimate of drug-likeness (QED) is 0.745. The van der Waals surface area contributed by atoms with Crippen LogP contribution in [0.4, 0.5) is 0 Å². The van der Waals surface area contributed by atoms with E-state index in [0.717, 1.165) is 12.8 Å². The Bertz CT molecular complexity index is 669. The second-order valence-corrected chi connectivity index (χ2v) is 6.68. The van der Waals surface area contributed by atoms with Crippen LogP contribution in [0, 0.1) is 5.41 Å². The number of rotatable bonds is 1. The monoisotopic (exact) mass is 266 g/mol. The second kappa shape index (κ2) is 4.62. The van der Waals surface area contributed by atoms with Crippen LogP contribution < -0.4 is 0 Å². The molecule has 0 radical (unpaired) electrons. The minimum absolute atomic E-state index is 0.213. The summed E-state index contributed by atoms with van der Waals surface area (Å²) in [5.74, 6) is 0. The van der Waals surface area contributed by atoms with Crippen LogP contribution in [0.15, 0.2) is 36.7 Å². The van der Waals surface area contributed by atoms with Crippen LogP contribution in [-0.2, 0) is 13.5 Å². The molecule has 20 heavy (non-hydrogen) atoms. The summed E-state index contributed by atoms with van der Waals surface area (Å²) in [4.78, 5) is 0. The van der Waals surface area contributed by atoms with Crippen LogP contribution in [0.2, 0.25) is 0 Å². The number of aryl methyl sites for hydroxylation is 2. The van der Waals surface area contributed by atoms with Gasteiger partial charge in [0.25, 0.3) is 0 Å². The van der Waals surface area contributed by atoms with Crippen molar-refractivity contribution in [2.24, 2.45) is 12.5 Å². The van der Waals surface area contributed by atoms with Gasteiger partial charge in [-0.2, -0.15) is 5.10 Å².